The summed E-state index contributed by atoms with van der Waals surface area (Å²) in [6, 6.07) is 2.71. The van der Waals surface area contributed by atoms with Crippen molar-refractivity contribution in [3.05, 3.63) is 20.8 Å². The third-order valence-corrected chi connectivity index (χ3v) is 2.76. The molecule has 11 heavy (non-hydrogen) atoms. The maximum atomic E-state index is 12.5. The maximum Gasteiger partial charge on any atom is 0.336 e. The minimum absolute atomic E-state index is 0.237. The van der Waals surface area contributed by atoms with Gasteiger partial charge in [-0.05, 0) is 28.1 Å². The van der Waals surface area contributed by atoms with Gasteiger partial charge in [0.1, 0.15) is 0 Å². The number of carbonyl (C=O) groups is 1. The van der Waals surface area contributed by atoms with Crippen LogP contribution in [0.25, 0.3) is 0 Å². The topological polar surface area (TPSA) is 17.1 Å². The molecule has 0 atom stereocenters. The van der Waals surface area contributed by atoms with Crippen molar-refractivity contribution in [2.45, 2.75) is 5.92 Å². The fourth-order valence-electron chi connectivity index (χ4n) is 0.552. The molecule has 60 valence electrons. The second-order valence-electron chi connectivity index (χ2n) is 1.84. The van der Waals surface area contributed by atoms with Crippen LogP contribution in [-0.4, -0.2) is 6.29 Å². The van der Waals surface area contributed by atoms with Gasteiger partial charge in [-0.2, -0.15) is 8.78 Å². The third-order valence-electron chi connectivity index (χ3n) is 1.05. The third kappa shape index (κ3) is 1.84. The summed E-state index contributed by atoms with van der Waals surface area (Å²) in [5, 5.41) is 0. The Morgan fingerprint density at radius 1 is 1.55 bits per heavy atom. The first-order valence-corrected chi connectivity index (χ1v) is 4.27. The molecule has 1 aromatic heterocycles. The van der Waals surface area contributed by atoms with Crippen LogP contribution in [0.2, 0.25) is 0 Å². The molecule has 0 N–H and O–H groups in total. The molecule has 1 nitrogen and oxygen atoms in total. The van der Waals surface area contributed by atoms with Gasteiger partial charge in [0.15, 0.2) is 6.29 Å². The van der Waals surface area contributed by atoms with Gasteiger partial charge in [-0.25, -0.2) is 0 Å². The first-order valence-electron chi connectivity index (χ1n) is 2.66. The zero-order valence-corrected chi connectivity index (χ0v) is 7.58. The Morgan fingerprint density at radius 3 is 2.55 bits per heavy atom. The van der Waals surface area contributed by atoms with Gasteiger partial charge in [0.2, 0.25) is 0 Å². The number of rotatable bonds is 2. The smallest absolute Gasteiger partial charge is 0.296 e. The lowest BCUT2D eigenvalue weighted by molar-refractivity contribution is -0.129. The van der Waals surface area contributed by atoms with Crippen molar-refractivity contribution in [3.63, 3.8) is 0 Å². The minimum Gasteiger partial charge on any atom is -0.296 e. The Labute approximate surface area is 74.2 Å². The first-order chi connectivity index (χ1) is 5.06. The lowest BCUT2D eigenvalue weighted by Gasteiger charge is -2.03. The SMILES string of the molecule is O=CC(F)(F)c1ccc(Br)s1. The molecule has 0 aliphatic carbocycles. The molecule has 0 aliphatic heterocycles. The van der Waals surface area contributed by atoms with E-state index < -0.39 is 5.92 Å². The van der Waals surface area contributed by atoms with Crippen LogP contribution in [0.1, 0.15) is 4.88 Å². The first kappa shape index (κ1) is 8.80. The molecule has 0 saturated carbocycles. The minimum atomic E-state index is -3.34. The second-order valence-corrected chi connectivity index (χ2v) is 4.31. The molecule has 0 unspecified atom stereocenters. The highest BCUT2D eigenvalue weighted by Crippen LogP contribution is 2.33. The summed E-state index contributed by atoms with van der Waals surface area (Å²) in [5.74, 6) is -3.34. The van der Waals surface area contributed by atoms with E-state index in [9.17, 15) is 13.6 Å². The van der Waals surface area contributed by atoms with Crippen LogP contribution in [0, 0.1) is 0 Å². The number of alkyl halides is 2. The predicted molar refractivity (Wildman–Crippen MR) is 42.0 cm³/mol. The van der Waals surface area contributed by atoms with Crippen LogP contribution >= 0.6 is 27.3 Å². The zero-order valence-electron chi connectivity index (χ0n) is 5.18. The zero-order chi connectivity index (χ0) is 8.48. The van der Waals surface area contributed by atoms with E-state index in [0.717, 1.165) is 11.3 Å². The quantitative estimate of drug-likeness (QED) is 0.727. The summed E-state index contributed by atoms with van der Waals surface area (Å²) in [6.45, 7) is 0. The number of hydrogen-bond donors (Lipinski definition) is 0. The molecule has 0 amide bonds. The lowest BCUT2D eigenvalue weighted by Crippen LogP contribution is -2.12. The lowest BCUT2D eigenvalue weighted by atomic mass is 10.3. The van der Waals surface area contributed by atoms with E-state index in [0.29, 0.717) is 3.79 Å². The summed E-state index contributed by atoms with van der Waals surface area (Å²) in [6.07, 6.45) is -0.356. The highest BCUT2D eigenvalue weighted by molar-refractivity contribution is 9.11. The van der Waals surface area contributed by atoms with Gasteiger partial charge in [0.25, 0.3) is 0 Å². The van der Waals surface area contributed by atoms with Crippen molar-refractivity contribution < 1.29 is 13.6 Å². The fraction of sp³-hybridized carbons (Fsp3) is 0.167. The van der Waals surface area contributed by atoms with Crippen LogP contribution in [-0.2, 0) is 10.7 Å². The van der Waals surface area contributed by atoms with Gasteiger partial charge in [-0.3, -0.25) is 4.79 Å². The van der Waals surface area contributed by atoms with Crippen LogP contribution in [0.15, 0.2) is 15.9 Å². The largest absolute Gasteiger partial charge is 0.336 e. The van der Waals surface area contributed by atoms with Crippen LogP contribution in [0.4, 0.5) is 8.78 Å². The Kier molecular flexibility index (Phi) is 2.39. The molecule has 0 saturated heterocycles. The molecular weight excluding hydrogens is 238 g/mol. The standard InChI is InChI=1S/C6H3BrF2OS/c7-5-2-1-4(11-5)6(8,9)3-10/h1-3H. The van der Waals surface area contributed by atoms with Gasteiger partial charge in [0, 0.05) is 0 Å². The molecule has 0 fully saturated rings. The van der Waals surface area contributed by atoms with Gasteiger partial charge < -0.3 is 0 Å². The molecule has 1 aromatic rings. The molecule has 0 bridgehead atoms. The Morgan fingerprint density at radius 2 is 2.18 bits per heavy atom. The van der Waals surface area contributed by atoms with Crippen molar-refractivity contribution >= 4 is 33.6 Å². The summed E-state index contributed by atoms with van der Waals surface area (Å²) in [7, 11) is 0. The highest BCUT2D eigenvalue weighted by Gasteiger charge is 2.32. The maximum absolute atomic E-state index is 12.5. The van der Waals surface area contributed by atoms with Crippen molar-refractivity contribution in [3.8, 4) is 0 Å². The van der Waals surface area contributed by atoms with E-state index in [1.807, 2.05) is 0 Å². The van der Waals surface area contributed by atoms with Crippen molar-refractivity contribution in [2.24, 2.45) is 0 Å². The van der Waals surface area contributed by atoms with Gasteiger partial charge in [0.05, 0.1) is 8.66 Å². The normalized spacial score (nSPS) is 11.5. The van der Waals surface area contributed by atoms with Crippen molar-refractivity contribution in [2.75, 3.05) is 0 Å². The van der Waals surface area contributed by atoms with E-state index >= 15 is 0 Å². The van der Waals surface area contributed by atoms with Crippen molar-refractivity contribution in [1.82, 2.24) is 0 Å². The Balaban J connectivity index is 3.01. The van der Waals surface area contributed by atoms with E-state index in [1.54, 1.807) is 0 Å². The van der Waals surface area contributed by atoms with Crippen molar-refractivity contribution in [1.29, 1.82) is 0 Å². The number of hydrogen-bond acceptors (Lipinski definition) is 2. The molecule has 1 rings (SSSR count). The van der Waals surface area contributed by atoms with E-state index in [1.165, 1.54) is 12.1 Å². The molecule has 0 spiro atoms. The molecular formula is C6H3BrF2OS. The molecule has 0 aromatic carbocycles. The van der Waals surface area contributed by atoms with Crippen LogP contribution < -0.4 is 0 Å². The summed E-state index contributed by atoms with van der Waals surface area (Å²) in [4.78, 5) is 9.64. The fourth-order valence-corrected chi connectivity index (χ4v) is 1.87. The predicted octanol–water partition coefficient (Wildman–Crippen LogP) is 2.80. The van der Waals surface area contributed by atoms with Gasteiger partial charge in [-0.1, -0.05) is 0 Å². The Hall–Kier alpha value is -0.290. The van der Waals surface area contributed by atoms with E-state index in [-0.39, 0.29) is 11.2 Å². The summed E-state index contributed by atoms with van der Waals surface area (Å²) >= 11 is 3.88. The van der Waals surface area contributed by atoms with Gasteiger partial charge >= 0.3 is 5.92 Å². The van der Waals surface area contributed by atoms with Gasteiger partial charge in [-0.15, -0.1) is 11.3 Å². The van der Waals surface area contributed by atoms with Crippen LogP contribution in [0.5, 0.6) is 0 Å². The average Bonchev–Trinajstić information content (AvgIpc) is 2.36. The highest BCUT2D eigenvalue weighted by atomic mass is 79.9. The number of halogens is 3. The monoisotopic (exact) mass is 240 g/mol. The molecule has 0 aliphatic rings. The Bertz CT molecular complexity index is 271. The molecule has 5 heteroatoms. The summed E-state index contributed by atoms with van der Waals surface area (Å²) in [5.41, 5.74) is 0. The van der Waals surface area contributed by atoms with Crippen LogP contribution in [0.3, 0.4) is 0 Å². The van der Waals surface area contributed by atoms with E-state index in [2.05, 4.69) is 15.9 Å². The number of carbonyl (C=O) groups excluding carboxylic acids is 1. The molecule has 1 heterocycles. The number of thiophene rings is 1. The second kappa shape index (κ2) is 2.98. The molecule has 0 radical (unpaired) electrons. The number of aldehydes is 1. The average molecular weight is 241 g/mol. The summed E-state index contributed by atoms with van der Waals surface area (Å²) < 4.78 is 25.6. The van der Waals surface area contributed by atoms with E-state index in [4.69, 9.17) is 0 Å².